The van der Waals surface area contributed by atoms with Gasteiger partial charge in [0.25, 0.3) is 0 Å². The molecule has 124 valence electrons. The Balaban J connectivity index is 2.42. The van der Waals surface area contributed by atoms with Crippen molar-refractivity contribution < 1.29 is 19.1 Å². The molecule has 0 fully saturated rings. The first-order valence-corrected chi connectivity index (χ1v) is 7.39. The second-order valence-corrected chi connectivity index (χ2v) is 4.97. The lowest BCUT2D eigenvalue weighted by molar-refractivity contribution is -0.144. The van der Waals surface area contributed by atoms with Crippen molar-refractivity contribution in [2.75, 3.05) is 19.1 Å². The van der Waals surface area contributed by atoms with E-state index in [1.165, 1.54) is 20.4 Å². The van der Waals surface area contributed by atoms with Crippen LogP contribution >= 0.6 is 0 Å². The topological polar surface area (TPSA) is 55.8 Å². The Bertz CT molecular complexity index is 693. The minimum Gasteiger partial charge on any atom is -0.465 e. The van der Waals surface area contributed by atoms with Crippen LogP contribution in [0.1, 0.15) is 5.56 Å². The van der Waals surface area contributed by atoms with Gasteiger partial charge in [0.2, 0.25) is 0 Å². The lowest BCUT2D eigenvalue weighted by Gasteiger charge is -2.21. The molecule has 5 heteroatoms. The van der Waals surface area contributed by atoms with E-state index in [0.717, 1.165) is 11.3 Å². The quantitative estimate of drug-likeness (QED) is 0.354. The molecule has 0 saturated heterocycles. The van der Waals surface area contributed by atoms with Gasteiger partial charge in [-0.3, -0.25) is 0 Å². The molecule has 0 saturated carbocycles. The molecule has 0 amide bonds. The van der Waals surface area contributed by atoms with E-state index in [0.29, 0.717) is 6.54 Å². The molecule has 0 unspecified atom stereocenters. The van der Waals surface area contributed by atoms with E-state index in [1.54, 1.807) is 4.90 Å². The van der Waals surface area contributed by atoms with Crippen LogP contribution in [0.25, 0.3) is 0 Å². The molecule has 0 atom stereocenters. The van der Waals surface area contributed by atoms with Crippen LogP contribution in [0.5, 0.6) is 0 Å². The van der Waals surface area contributed by atoms with Crippen molar-refractivity contribution >= 4 is 17.6 Å². The Morgan fingerprint density at radius 2 is 1.38 bits per heavy atom. The standard InChI is InChI=1S/C19H19NO4/c1-23-18(21)17(19(22)24-2)14-20(16-11-7-4-8-12-16)13-15-9-5-3-6-10-15/h3-12,14H,13H2,1-2H3. The van der Waals surface area contributed by atoms with Crippen LogP contribution in [0, 0.1) is 0 Å². The van der Waals surface area contributed by atoms with Crippen LogP contribution in [-0.2, 0) is 25.6 Å². The van der Waals surface area contributed by atoms with Crippen LogP contribution in [0.4, 0.5) is 5.69 Å². The number of methoxy groups -OCH3 is 2. The molecule has 5 nitrogen and oxygen atoms in total. The summed E-state index contributed by atoms with van der Waals surface area (Å²) in [5.41, 5.74) is 1.71. The average molecular weight is 325 g/mol. The summed E-state index contributed by atoms with van der Waals surface area (Å²) in [4.78, 5) is 25.6. The van der Waals surface area contributed by atoms with Crippen LogP contribution < -0.4 is 4.90 Å². The number of para-hydroxylation sites is 1. The largest absolute Gasteiger partial charge is 0.465 e. The number of carbonyl (C=O) groups excluding carboxylic acids is 2. The zero-order chi connectivity index (χ0) is 17.4. The SMILES string of the molecule is COC(=O)C(=CN(Cc1ccccc1)c1ccccc1)C(=O)OC. The van der Waals surface area contributed by atoms with E-state index in [-0.39, 0.29) is 5.57 Å². The van der Waals surface area contributed by atoms with E-state index in [4.69, 9.17) is 0 Å². The van der Waals surface area contributed by atoms with Gasteiger partial charge in [0.15, 0.2) is 5.57 Å². The second kappa shape index (κ2) is 8.53. The number of hydrogen-bond donors (Lipinski definition) is 0. The van der Waals surface area contributed by atoms with Crippen LogP contribution in [0.15, 0.2) is 72.4 Å². The van der Waals surface area contributed by atoms with Crippen molar-refractivity contribution in [3.8, 4) is 0 Å². The highest BCUT2D eigenvalue weighted by Crippen LogP contribution is 2.19. The lowest BCUT2D eigenvalue weighted by atomic mass is 10.2. The lowest BCUT2D eigenvalue weighted by Crippen LogP contribution is -2.23. The summed E-state index contributed by atoms with van der Waals surface area (Å²) in [6.45, 7) is 0.488. The molecule has 2 aromatic carbocycles. The molecule has 2 rings (SSSR count). The maximum absolute atomic E-state index is 11.9. The number of anilines is 1. The fourth-order valence-electron chi connectivity index (χ4n) is 2.18. The van der Waals surface area contributed by atoms with Crippen LogP contribution in [0.2, 0.25) is 0 Å². The molecule has 0 heterocycles. The van der Waals surface area contributed by atoms with E-state index in [1.807, 2.05) is 60.7 Å². The van der Waals surface area contributed by atoms with Gasteiger partial charge in [-0.2, -0.15) is 0 Å². The summed E-state index contributed by atoms with van der Waals surface area (Å²) in [5.74, 6) is -1.48. The molecule has 0 aliphatic carbocycles. The monoisotopic (exact) mass is 325 g/mol. The first-order chi connectivity index (χ1) is 11.7. The molecule has 0 bridgehead atoms. The maximum atomic E-state index is 11.9. The number of ether oxygens (including phenoxy) is 2. The smallest absolute Gasteiger partial charge is 0.346 e. The van der Waals surface area contributed by atoms with Gasteiger partial charge in [0, 0.05) is 18.4 Å². The van der Waals surface area contributed by atoms with E-state index < -0.39 is 11.9 Å². The van der Waals surface area contributed by atoms with Crippen LogP contribution in [0.3, 0.4) is 0 Å². The van der Waals surface area contributed by atoms with Crippen LogP contribution in [-0.4, -0.2) is 26.2 Å². The highest BCUT2D eigenvalue weighted by molar-refractivity contribution is 6.14. The summed E-state index contributed by atoms with van der Waals surface area (Å²) in [6, 6.07) is 19.2. The Morgan fingerprint density at radius 3 is 1.88 bits per heavy atom. The number of benzene rings is 2. The normalized spacial score (nSPS) is 9.75. The van der Waals surface area contributed by atoms with Gasteiger partial charge in [0.05, 0.1) is 14.2 Å². The number of rotatable bonds is 6. The molecule has 0 aliphatic heterocycles. The van der Waals surface area contributed by atoms with Gasteiger partial charge in [-0.25, -0.2) is 9.59 Å². The first-order valence-electron chi connectivity index (χ1n) is 7.39. The van der Waals surface area contributed by atoms with Gasteiger partial charge in [-0.15, -0.1) is 0 Å². The summed E-state index contributed by atoms with van der Waals surface area (Å²) in [6.07, 6.45) is 1.46. The van der Waals surface area contributed by atoms with Gasteiger partial charge in [0.1, 0.15) is 0 Å². The molecule has 0 aliphatic rings. The molecule has 0 spiro atoms. The summed E-state index contributed by atoms with van der Waals surface area (Å²) < 4.78 is 9.38. The zero-order valence-corrected chi connectivity index (χ0v) is 13.6. The van der Waals surface area contributed by atoms with Gasteiger partial charge >= 0.3 is 11.9 Å². The number of nitrogens with zero attached hydrogens (tertiary/aromatic N) is 1. The number of hydrogen-bond acceptors (Lipinski definition) is 5. The summed E-state index contributed by atoms with van der Waals surface area (Å²) >= 11 is 0. The first kappa shape index (κ1) is 17.3. The average Bonchev–Trinajstić information content (AvgIpc) is 2.65. The Labute approximate surface area is 141 Å². The van der Waals surface area contributed by atoms with Crippen molar-refractivity contribution in [3.63, 3.8) is 0 Å². The molecule has 2 aromatic rings. The summed E-state index contributed by atoms with van der Waals surface area (Å²) in [7, 11) is 2.45. The highest BCUT2D eigenvalue weighted by atomic mass is 16.5. The highest BCUT2D eigenvalue weighted by Gasteiger charge is 2.21. The predicted molar refractivity (Wildman–Crippen MR) is 91.2 cm³/mol. The van der Waals surface area contributed by atoms with Crippen molar-refractivity contribution in [2.45, 2.75) is 6.54 Å². The molecule has 0 radical (unpaired) electrons. The number of esters is 2. The van der Waals surface area contributed by atoms with Gasteiger partial charge in [-0.1, -0.05) is 48.5 Å². The fraction of sp³-hybridized carbons (Fsp3) is 0.158. The number of carbonyl (C=O) groups is 2. The Kier molecular flexibility index (Phi) is 6.14. The minimum absolute atomic E-state index is 0.167. The Hall–Kier alpha value is -3.08. The van der Waals surface area contributed by atoms with E-state index in [9.17, 15) is 9.59 Å². The third-order valence-corrected chi connectivity index (χ3v) is 3.38. The Morgan fingerprint density at radius 1 is 0.875 bits per heavy atom. The van der Waals surface area contributed by atoms with E-state index >= 15 is 0 Å². The molecule has 24 heavy (non-hydrogen) atoms. The third kappa shape index (κ3) is 4.46. The zero-order valence-electron chi connectivity index (χ0n) is 13.6. The molecular weight excluding hydrogens is 306 g/mol. The second-order valence-electron chi connectivity index (χ2n) is 4.97. The predicted octanol–water partition coefficient (Wildman–Crippen LogP) is 2.92. The minimum atomic E-state index is -0.740. The van der Waals surface area contributed by atoms with Crippen molar-refractivity contribution in [1.29, 1.82) is 0 Å². The van der Waals surface area contributed by atoms with Crippen molar-refractivity contribution in [3.05, 3.63) is 78.0 Å². The molecular formula is C19H19NO4. The van der Waals surface area contributed by atoms with Gasteiger partial charge in [-0.05, 0) is 17.7 Å². The van der Waals surface area contributed by atoms with Crippen molar-refractivity contribution in [2.24, 2.45) is 0 Å². The fourth-order valence-corrected chi connectivity index (χ4v) is 2.18. The van der Waals surface area contributed by atoms with Crippen molar-refractivity contribution in [1.82, 2.24) is 0 Å². The maximum Gasteiger partial charge on any atom is 0.346 e. The molecule has 0 aromatic heterocycles. The molecule has 0 N–H and O–H groups in total. The van der Waals surface area contributed by atoms with E-state index in [2.05, 4.69) is 9.47 Å². The summed E-state index contributed by atoms with van der Waals surface area (Å²) in [5, 5.41) is 0. The third-order valence-electron chi connectivity index (χ3n) is 3.38. The van der Waals surface area contributed by atoms with Gasteiger partial charge < -0.3 is 14.4 Å².